The van der Waals surface area contributed by atoms with Crippen LogP contribution in [0.25, 0.3) is 0 Å². The van der Waals surface area contributed by atoms with E-state index in [1.54, 1.807) is 41.3 Å². The molecule has 0 fully saturated rings. The minimum absolute atomic E-state index is 0.230. The highest BCUT2D eigenvalue weighted by Crippen LogP contribution is 2.05. The topological polar surface area (TPSA) is 50.1 Å². The lowest BCUT2D eigenvalue weighted by atomic mass is 10.2. The summed E-state index contributed by atoms with van der Waals surface area (Å²) in [5.41, 5.74) is 0.601. The largest absolute Gasteiger partial charge is 0.390 e. The molecule has 2 rings (SSSR count). The van der Waals surface area contributed by atoms with Gasteiger partial charge in [0.25, 0.3) is 0 Å². The number of nitrogens with one attached hydrogen (secondary N) is 1. The van der Waals surface area contributed by atoms with Crippen LogP contribution in [0.2, 0.25) is 0 Å². The molecule has 18 heavy (non-hydrogen) atoms. The van der Waals surface area contributed by atoms with Gasteiger partial charge in [0.15, 0.2) is 0 Å². The average Bonchev–Trinajstić information content (AvgIpc) is 2.84. The van der Waals surface area contributed by atoms with E-state index in [1.807, 2.05) is 0 Å². The van der Waals surface area contributed by atoms with Gasteiger partial charge < -0.3 is 10.4 Å². The fourth-order valence-corrected chi connectivity index (χ4v) is 1.70. The molecular formula is C13H16FN3O. The first-order valence-electron chi connectivity index (χ1n) is 5.85. The van der Waals surface area contributed by atoms with Gasteiger partial charge in [-0.3, -0.25) is 4.68 Å². The van der Waals surface area contributed by atoms with E-state index in [-0.39, 0.29) is 5.82 Å². The van der Waals surface area contributed by atoms with Crippen LogP contribution in [0.1, 0.15) is 5.56 Å². The monoisotopic (exact) mass is 249 g/mol. The zero-order chi connectivity index (χ0) is 12.8. The lowest BCUT2D eigenvalue weighted by Crippen LogP contribution is -2.30. The lowest BCUT2D eigenvalue weighted by Gasteiger charge is -2.12. The molecule has 0 aliphatic carbocycles. The standard InChI is InChI=1S/C13H16FN3O/c14-13-5-2-1-4-11(13)8-15-9-12(18)10-17-7-3-6-16-17/h1-7,12,15,18H,8-10H2. The van der Waals surface area contributed by atoms with Crippen molar-refractivity contribution in [1.82, 2.24) is 15.1 Å². The maximum Gasteiger partial charge on any atom is 0.127 e. The first-order chi connectivity index (χ1) is 8.75. The summed E-state index contributed by atoms with van der Waals surface area (Å²) < 4.78 is 15.0. The van der Waals surface area contributed by atoms with Crippen LogP contribution < -0.4 is 5.32 Å². The summed E-state index contributed by atoms with van der Waals surface area (Å²) in [6.07, 6.45) is 2.91. The van der Waals surface area contributed by atoms with Gasteiger partial charge in [-0.05, 0) is 12.1 Å². The van der Waals surface area contributed by atoms with E-state index >= 15 is 0 Å². The third-order valence-corrected chi connectivity index (χ3v) is 2.61. The average molecular weight is 249 g/mol. The van der Waals surface area contributed by atoms with E-state index in [9.17, 15) is 9.50 Å². The molecule has 1 aromatic carbocycles. The quantitative estimate of drug-likeness (QED) is 0.808. The summed E-state index contributed by atoms with van der Waals surface area (Å²) in [5, 5.41) is 16.8. The predicted molar refractivity (Wildman–Crippen MR) is 66.3 cm³/mol. The van der Waals surface area contributed by atoms with Crippen LogP contribution in [-0.4, -0.2) is 27.5 Å². The molecule has 0 spiro atoms. The van der Waals surface area contributed by atoms with E-state index in [2.05, 4.69) is 10.4 Å². The Balaban J connectivity index is 1.74. The number of hydrogen-bond donors (Lipinski definition) is 2. The zero-order valence-corrected chi connectivity index (χ0v) is 9.96. The van der Waals surface area contributed by atoms with Gasteiger partial charge in [-0.1, -0.05) is 18.2 Å². The summed E-state index contributed by atoms with van der Waals surface area (Å²) in [4.78, 5) is 0. The van der Waals surface area contributed by atoms with Crippen LogP contribution in [-0.2, 0) is 13.1 Å². The minimum atomic E-state index is -0.545. The molecule has 2 N–H and O–H groups in total. The van der Waals surface area contributed by atoms with Crippen molar-refractivity contribution in [2.24, 2.45) is 0 Å². The highest BCUT2D eigenvalue weighted by molar-refractivity contribution is 5.16. The third-order valence-electron chi connectivity index (χ3n) is 2.61. The highest BCUT2D eigenvalue weighted by atomic mass is 19.1. The van der Waals surface area contributed by atoms with E-state index < -0.39 is 6.10 Å². The molecule has 1 aromatic heterocycles. The Morgan fingerprint density at radius 2 is 2.17 bits per heavy atom. The maximum atomic E-state index is 13.3. The molecule has 0 aliphatic heterocycles. The fraction of sp³-hybridized carbons (Fsp3) is 0.308. The number of hydrogen-bond acceptors (Lipinski definition) is 3. The summed E-state index contributed by atoms with van der Waals surface area (Å²) in [5.74, 6) is -0.230. The van der Waals surface area contributed by atoms with Crippen LogP contribution >= 0.6 is 0 Å². The molecule has 1 heterocycles. The second-order valence-electron chi connectivity index (χ2n) is 4.10. The predicted octanol–water partition coefficient (Wildman–Crippen LogP) is 1.17. The van der Waals surface area contributed by atoms with Gasteiger partial charge in [0.2, 0.25) is 0 Å². The fourth-order valence-electron chi connectivity index (χ4n) is 1.70. The van der Waals surface area contributed by atoms with Crippen LogP contribution in [0, 0.1) is 5.82 Å². The lowest BCUT2D eigenvalue weighted by molar-refractivity contribution is 0.146. The molecule has 0 amide bonds. The molecule has 1 unspecified atom stereocenters. The molecule has 0 saturated carbocycles. The number of aliphatic hydroxyl groups is 1. The summed E-state index contributed by atoms with van der Waals surface area (Å²) in [6.45, 7) is 1.23. The molecule has 2 aromatic rings. The van der Waals surface area contributed by atoms with Crippen LogP contribution in [0.3, 0.4) is 0 Å². The summed E-state index contributed by atoms with van der Waals surface area (Å²) in [7, 11) is 0. The van der Waals surface area contributed by atoms with Crippen LogP contribution in [0.4, 0.5) is 4.39 Å². The Kier molecular flexibility index (Phi) is 4.44. The van der Waals surface area contributed by atoms with E-state index in [1.165, 1.54) is 6.07 Å². The van der Waals surface area contributed by atoms with Gasteiger partial charge in [-0.2, -0.15) is 5.10 Å². The van der Waals surface area contributed by atoms with Gasteiger partial charge in [0.05, 0.1) is 12.6 Å². The van der Waals surface area contributed by atoms with Gasteiger partial charge in [0.1, 0.15) is 5.82 Å². The molecule has 96 valence electrons. The zero-order valence-electron chi connectivity index (χ0n) is 9.96. The third kappa shape index (κ3) is 3.65. The molecule has 0 bridgehead atoms. The van der Waals surface area contributed by atoms with Gasteiger partial charge >= 0.3 is 0 Å². The molecule has 0 radical (unpaired) electrons. The van der Waals surface area contributed by atoms with E-state index in [0.717, 1.165) is 0 Å². The SMILES string of the molecule is OC(CNCc1ccccc1F)Cn1cccn1. The minimum Gasteiger partial charge on any atom is -0.390 e. The van der Waals surface area contributed by atoms with Crippen molar-refractivity contribution < 1.29 is 9.50 Å². The summed E-state index contributed by atoms with van der Waals surface area (Å²) in [6, 6.07) is 8.41. The Bertz CT molecular complexity index is 473. The summed E-state index contributed by atoms with van der Waals surface area (Å²) >= 11 is 0. The van der Waals surface area contributed by atoms with Crippen molar-refractivity contribution >= 4 is 0 Å². The number of aliphatic hydroxyl groups excluding tert-OH is 1. The Labute approximate surface area is 105 Å². The second-order valence-corrected chi connectivity index (χ2v) is 4.10. The maximum absolute atomic E-state index is 13.3. The van der Waals surface area contributed by atoms with Gasteiger partial charge in [0, 0.05) is 31.0 Å². The van der Waals surface area contributed by atoms with Crippen molar-refractivity contribution in [3.8, 4) is 0 Å². The van der Waals surface area contributed by atoms with Crippen molar-refractivity contribution in [2.45, 2.75) is 19.2 Å². The normalized spacial score (nSPS) is 12.6. The molecule has 0 aliphatic rings. The number of halogens is 1. The second kappa shape index (κ2) is 6.28. The molecular weight excluding hydrogens is 233 g/mol. The number of nitrogens with zero attached hydrogens (tertiary/aromatic N) is 2. The molecule has 1 atom stereocenters. The highest BCUT2D eigenvalue weighted by Gasteiger charge is 2.06. The van der Waals surface area contributed by atoms with Crippen molar-refractivity contribution in [1.29, 1.82) is 0 Å². The smallest absolute Gasteiger partial charge is 0.127 e. The Morgan fingerprint density at radius 3 is 2.89 bits per heavy atom. The van der Waals surface area contributed by atoms with E-state index in [0.29, 0.717) is 25.2 Å². The van der Waals surface area contributed by atoms with Crippen LogP contribution in [0.5, 0.6) is 0 Å². The Hall–Kier alpha value is -1.72. The molecule has 5 heteroatoms. The number of benzene rings is 1. The molecule has 0 saturated heterocycles. The van der Waals surface area contributed by atoms with Crippen LogP contribution in [0.15, 0.2) is 42.7 Å². The van der Waals surface area contributed by atoms with Crippen molar-refractivity contribution in [3.63, 3.8) is 0 Å². The Morgan fingerprint density at radius 1 is 1.33 bits per heavy atom. The van der Waals surface area contributed by atoms with Crippen molar-refractivity contribution in [2.75, 3.05) is 6.54 Å². The number of rotatable bonds is 6. The molecule has 4 nitrogen and oxygen atoms in total. The number of aromatic nitrogens is 2. The van der Waals surface area contributed by atoms with Crippen molar-refractivity contribution in [3.05, 3.63) is 54.1 Å². The van der Waals surface area contributed by atoms with E-state index in [4.69, 9.17) is 0 Å². The first-order valence-corrected chi connectivity index (χ1v) is 5.85. The van der Waals surface area contributed by atoms with Gasteiger partial charge in [-0.25, -0.2) is 4.39 Å². The first kappa shape index (κ1) is 12.7. The van der Waals surface area contributed by atoms with Gasteiger partial charge in [-0.15, -0.1) is 0 Å².